The summed E-state index contributed by atoms with van der Waals surface area (Å²) in [6.45, 7) is 3.90. The summed E-state index contributed by atoms with van der Waals surface area (Å²) in [6, 6.07) is 2.50. The van der Waals surface area contributed by atoms with Crippen LogP contribution in [-0.2, 0) is 12.6 Å². The number of aryl methyl sites for hydroxylation is 2. The SMILES string of the molecule is CCCc1c(C)[nH]c2cc(C(F)(F)F)c(Cl)cc12. The van der Waals surface area contributed by atoms with Crippen LogP contribution >= 0.6 is 11.6 Å². The molecule has 0 radical (unpaired) electrons. The molecule has 1 aromatic heterocycles. The van der Waals surface area contributed by atoms with Crippen LogP contribution in [0.2, 0.25) is 5.02 Å². The molecule has 5 heteroatoms. The maximum Gasteiger partial charge on any atom is 0.417 e. The Morgan fingerprint density at radius 2 is 1.94 bits per heavy atom. The van der Waals surface area contributed by atoms with Crippen LogP contribution in [0.5, 0.6) is 0 Å². The lowest BCUT2D eigenvalue weighted by Gasteiger charge is -2.09. The molecule has 0 aliphatic rings. The zero-order valence-electron chi connectivity index (χ0n) is 10.1. The van der Waals surface area contributed by atoms with Crippen LogP contribution < -0.4 is 0 Å². The fourth-order valence-corrected chi connectivity index (χ4v) is 2.47. The van der Waals surface area contributed by atoms with Crippen LogP contribution in [-0.4, -0.2) is 4.98 Å². The van der Waals surface area contributed by atoms with E-state index in [1.165, 1.54) is 6.07 Å². The largest absolute Gasteiger partial charge is 0.417 e. The number of rotatable bonds is 2. The fraction of sp³-hybridized carbons (Fsp3) is 0.385. The molecule has 0 aliphatic heterocycles. The minimum Gasteiger partial charge on any atom is -0.358 e. The number of nitrogens with one attached hydrogen (secondary N) is 1. The van der Waals surface area contributed by atoms with Gasteiger partial charge >= 0.3 is 6.18 Å². The van der Waals surface area contributed by atoms with E-state index in [4.69, 9.17) is 11.6 Å². The Kier molecular flexibility index (Phi) is 3.32. The summed E-state index contributed by atoms with van der Waals surface area (Å²) in [5, 5.41) is 0.540. The van der Waals surface area contributed by atoms with Crippen molar-refractivity contribution >= 4 is 22.5 Å². The molecule has 0 atom stereocenters. The maximum atomic E-state index is 12.7. The van der Waals surface area contributed by atoms with E-state index in [-0.39, 0.29) is 5.02 Å². The third-order valence-corrected chi connectivity index (χ3v) is 3.33. The van der Waals surface area contributed by atoms with Crippen molar-refractivity contribution < 1.29 is 13.2 Å². The van der Waals surface area contributed by atoms with Gasteiger partial charge in [-0.2, -0.15) is 13.2 Å². The molecule has 1 nitrogen and oxygen atoms in total. The highest BCUT2D eigenvalue weighted by molar-refractivity contribution is 6.32. The molecule has 1 heterocycles. The number of alkyl halides is 3. The lowest BCUT2D eigenvalue weighted by Crippen LogP contribution is -2.05. The van der Waals surface area contributed by atoms with Crippen molar-refractivity contribution in [3.05, 3.63) is 34.0 Å². The Bertz CT molecular complexity index is 584. The van der Waals surface area contributed by atoms with E-state index < -0.39 is 11.7 Å². The number of H-pyrrole nitrogens is 1. The van der Waals surface area contributed by atoms with Crippen molar-refractivity contribution in [3.63, 3.8) is 0 Å². The molecule has 0 bridgehead atoms. The van der Waals surface area contributed by atoms with E-state index in [0.717, 1.165) is 35.6 Å². The van der Waals surface area contributed by atoms with E-state index in [1.807, 2.05) is 13.8 Å². The van der Waals surface area contributed by atoms with Gasteiger partial charge in [-0.1, -0.05) is 24.9 Å². The van der Waals surface area contributed by atoms with Crippen LogP contribution in [0.4, 0.5) is 13.2 Å². The minimum atomic E-state index is -4.42. The molecule has 0 spiro atoms. The fourth-order valence-electron chi connectivity index (χ4n) is 2.20. The first kappa shape index (κ1) is 13.3. The van der Waals surface area contributed by atoms with Gasteiger partial charge in [0.25, 0.3) is 0 Å². The lowest BCUT2D eigenvalue weighted by atomic mass is 10.0. The van der Waals surface area contributed by atoms with Gasteiger partial charge in [0, 0.05) is 16.6 Å². The van der Waals surface area contributed by atoms with Crippen LogP contribution in [0.3, 0.4) is 0 Å². The molecule has 0 unspecified atom stereocenters. The first-order chi connectivity index (χ1) is 8.34. The standard InChI is InChI=1S/C13H13ClF3N/c1-3-4-8-7(2)18-12-6-10(13(15,16)17)11(14)5-9(8)12/h5-6,18H,3-4H2,1-2H3. The van der Waals surface area contributed by atoms with Gasteiger partial charge in [-0.15, -0.1) is 0 Å². The number of fused-ring (bicyclic) bond motifs is 1. The zero-order chi connectivity index (χ0) is 13.5. The van der Waals surface area contributed by atoms with Gasteiger partial charge in [0.1, 0.15) is 0 Å². The molecule has 98 valence electrons. The number of hydrogen-bond acceptors (Lipinski definition) is 0. The Balaban J connectivity index is 2.68. The molecule has 2 rings (SSSR count). The third kappa shape index (κ3) is 2.21. The minimum absolute atomic E-state index is 0.244. The first-order valence-corrected chi connectivity index (χ1v) is 6.10. The highest BCUT2D eigenvalue weighted by Crippen LogP contribution is 2.38. The maximum absolute atomic E-state index is 12.7. The number of aromatic nitrogens is 1. The van der Waals surface area contributed by atoms with Crippen LogP contribution in [0.1, 0.15) is 30.2 Å². The molecule has 0 fully saturated rings. The second kappa shape index (κ2) is 4.50. The average Bonchev–Trinajstić information content (AvgIpc) is 2.54. The summed E-state index contributed by atoms with van der Waals surface area (Å²) in [7, 11) is 0. The molecule has 0 saturated heterocycles. The Morgan fingerprint density at radius 3 is 2.50 bits per heavy atom. The summed E-state index contributed by atoms with van der Waals surface area (Å²) in [4.78, 5) is 2.99. The Morgan fingerprint density at radius 1 is 1.28 bits per heavy atom. The molecular weight excluding hydrogens is 263 g/mol. The smallest absolute Gasteiger partial charge is 0.358 e. The molecule has 1 N–H and O–H groups in total. The van der Waals surface area contributed by atoms with Crippen molar-refractivity contribution in [3.8, 4) is 0 Å². The van der Waals surface area contributed by atoms with Crippen molar-refractivity contribution in [2.75, 3.05) is 0 Å². The monoisotopic (exact) mass is 275 g/mol. The predicted octanol–water partition coefficient (Wildman–Crippen LogP) is 5.10. The second-order valence-corrected chi connectivity index (χ2v) is 4.76. The number of halogens is 4. The summed E-state index contributed by atoms with van der Waals surface area (Å²) in [5.41, 5.74) is 1.65. The number of benzene rings is 1. The van der Waals surface area contributed by atoms with Gasteiger partial charge in [-0.3, -0.25) is 0 Å². The van der Waals surface area contributed by atoms with Gasteiger partial charge in [-0.25, -0.2) is 0 Å². The highest BCUT2D eigenvalue weighted by atomic mass is 35.5. The predicted molar refractivity (Wildman–Crippen MR) is 67.0 cm³/mol. The second-order valence-electron chi connectivity index (χ2n) is 4.35. The zero-order valence-corrected chi connectivity index (χ0v) is 10.8. The van der Waals surface area contributed by atoms with Crippen molar-refractivity contribution in [2.24, 2.45) is 0 Å². The first-order valence-electron chi connectivity index (χ1n) is 5.72. The normalized spacial score (nSPS) is 12.3. The summed E-state index contributed by atoms with van der Waals surface area (Å²) >= 11 is 5.74. The van der Waals surface area contributed by atoms with E-state index in [2.05, 4.69) is 4.98 Å². The molecule has 0 aliphatic carbocycles. The molecule has 0 amide bonds. The van der Waals surface area contributed by atoms with E-state index in [0.29, 0.717) is 5.52 Å². The molecule has 1 aromatic carbocycles. The van der Waals surface area contributed by atoms with Gasteiger partial charge in [0.15, 0.2) is 0 Å². The van der Waals surface area contributed by atoms with Gasteiger partial charge in [0.2, 0.25) is 0 Å². The third-order valence-electron chi connectivity index (χ3n) is 3.01. The number of hydrogen-bond donors (Lipinski definition) is 1. The molecule has 2 aromatic rings. The van der Waals surface area contributed by atoms with E-state index in [9.17, 15) is 13.2 Å². The van der Waals surface area contributed by atoms with Crippen molar-refractivity contribution in [1.82, 2.24) is 4.98 Å². The summed E-state index contributed by atoms with van der Waals surface area (Å²) in [5.74, 6) is 0. The van der Waals surface area contributed by atoms with E-state index >= 15 is 0 Å². The van der Waals surface area contributed by atoms with Crippen molar-refractivity contribution in [1.29, 1.82) is 0 Å². The van der Waals surface area contributed by atoms with Gasteiger partial charge in [0.05, 0.1) is 10.6 Å². The highest BCUT2D eigenvalue weighted by Gasteiger charge is 2.33. The van der Waals surface area contributed by atoms with Crippen LogP contribution in [0.15, 0.2) is 12.1 Å². The van der Waals surface area contributed by atoms with E-state index in [1.54, 1.807) is 0 Å². The average molecular weight is 276 g/mol. The summed E-state index contributed by atoms with van der Waals surface area (Å²) < 4.78 is 38.2. The molecule has 18 heavy (non-hydrogen) atoms. The summed E-state index contributed by atoms with van der Waals surface area (Å²) in [6.07, 6.45) is -2.66. The topological polar surface area (TPSA) is 15.8 Å². The number of aromatic amines is 1. The quantitative estimate of drug-likeness (QED) is 0.785. The van der Waals surface area contributed by atoms with Crippen molar-refractivity contribution in [2.45, 2.75) is 32.9 Å². The Labute approximate surface area is 108 Å². The van der Waals surface area contributed by atoms with Gasteiger partial charge < -0.3 is 4.98 Å². The van der Waals surface area contributed by atoms with Gasteiger partial charge in [-0.05, 0) is 31.0 Å². The van der Waals surface area contributed by atoms with Crippen LogP contribution in [0.25, 0.3) is 10.9 Å². The lowest BCUT2D eigenvalue weighted by molar-refractivity contribution is -0.137. The molecule has 0 saturated carbocycles. The van der Waals surface area contributed by atoms with Crippen LogP contribution in [0, 0.1) is 6.92 Å². The Hall–Kier alpha value is -1.16. The molecular formula is C13H13ClF3N.